The van der Waals surface area contributed by atoms with Crippen LogP contribution in [0.1, 0.15) is 33.1 Å². The van der Waals surface area contributed by atoms with Gasteiger partial charge in [-0.3, -0.25) is 4.79 Å². The molecule has 1 aliphatic carbocycles. The smallest absolute Gasteiger partial charge is 0.237 e. The highest BCUT2D eigenvalue weighted by Gasteiger charge is 2.33. The van der Waals surface area contributed by atoms with Crippen molar-refractivity contribution in [2.24, 2.45) is 17.4 Å². The molecule has 1 rings (SSSR count). The van der Waals surface area contributed by atoms with Crippen molar-refractivity contribution in [3.05, 3.63) is 0 Å². The molecule has 1 saturated carbocycles. The lowest BCUT2D eigenvalue weighted by Gasteiger charge is -2.30. The van der Waals surface area contributed by atoms with Crippen LogP contribution in [-0.4, -0.2) is 24.0 Å². The molecule has 5 N–H and O–H groups in total. The van der Waals surface area contributed by atoms with Crippen LogP contribution in [0, 0.1) is 5.92 Å². The number of carbonyl (C=O) groups excluding carboxylic acids is 1. The molecule has 0 bridgehead atoms. The number of nitrogens with two attached hydrogens (primary N) is 2. The first-order valence-electron chi connectivity index (χ1n) is 5.25. The minimum absolute atomic E-state index is 0.305. The summed E-state index contributed by atoms with van der Waals surface area (Å²) in [5, 5.41) is 3.30. The molecule has 0 aliphatic heterocycles. The largest absolute Gasteiger partial charge is 0.368 e. The van der Waals surface area contributed by atoms with E-state index in [2.05, 4.69) is 5.32 Å². The number of hydrogen-bond donors (Lipinski definition) is 3. The van der Waals surface area contributed by atoms with Crippen LogP contribution in [0.5, 0.6) is 0 Å². The van der Waals surface area contributed by atoms with Crippen molar-refractivity contribution in [2.45, 2.75) is 44.7 Å². The maximum Gasteiger partial charge on any atom is 0.237 e. The van der Waals surface area contributed by atoms with Crippen LogP contribution in [-0.2, 0) is 4.79 Å². The highest BCUT2D eigenvalue weighted by molar-refractivity contribution is 5.83. The number of rotatable bonds is 4. The highest BCUT2D eigenvalue weighted by Crippen LogP contribution is 2.26. The van der Waals surface area contributed by atoms with Gasteiger partial charge in [0.15, 0.2) is 0 Å². The molecule has 14 heavy (non-hydrogen) atoms. The van der Waals surface area contributed by atoms with E-state index in [1.165, 1.54) is 6.42 Å². The summed E-state index contributed by atoms with van der Waals surface area (Å²) < 4.78 is 0. The second-order valence-electron chi connectivity index (χ2n) is 4.67. The van der Waals surface area contributed by atoms with Gasteiger partial charge in [0.1, 0.15) is 0 Å². The van der Waals surface area contributed by atoms with Crippen molar-refractivity contribution in [3.8, 4) is 0 Å². The average molecular weight is 199 g/mol. The lowest BCUT2D eigenvalue weighted by molar-refractivity contribution is -0.123. The van der Waals surface area contributed by atoms with E-state index in [0.29, 0.717) is 18.5 Å². The van der Waals surface area contributed by atoms with Crippen molar-refractivity contribution in [3.63, 3.8) is 0 Å². The van der Waals surface area contributed by atoms with Gasteiger partial charge in [-0.25, -0.2) is 0 Å². The van der Waals surface area contributed by atoms with E-state index in [1.807, 2.05) is 13.8 Å². The zero-order valence-electron chi connectivity index (χ0n) is 9.05. The van der Waals surface area contributed by atoms with Crippen molar-refractivity contribution in [2.75, 3.05) is 6.54 Å². The Morgan fingerprint density at radius 3 is 2.64 bits per heavy atom. The van der Waals surface area contributed by atoms with E-state index in [-0.39, 0.29) is 5.91 Å². The van der Waals surface area contributed by atoms with Gasteiger partial charge in [-0.05, 0) is 39.2 Å². The fourth-order valence-electron chi connectivity index (χ4n) is 2.04. The molecule has 0 heterocycles. The van der Waals surface area contributed by atoms with Gasteiger partial charge in [0.25, 0.3) is 0 Å². The van der Waals surface area contributed by atoms with E-state index in [4.69, 9.17) is 11.5 Å². The van der Waals surface area contributed by atoms with Gasteiger partial charge < -0.3 is 16.8 Å². The van der Waals surface area contributed by atoms with E-state index < -0.39 is 5.54 Å². The number of carbonyl (C=O) groups is 1. The van der Waals surface area contributed by atoms with E-state index in [1.54, 1.807) is 0 Å². The van der Waals surface area contributed by atoms with Crippen LogP contribution in [0.3, 0.4) is 0 Å². The summed E-state index contributed by atoms with van der Waals surface area (Å²) in [4.78, 5) is 11.1. The zero-order chi connectivity index (χ0) is 10.8. The zero-order valence-corrected chi connectivity index (χ0v) is 9.05. The van der Waals surface area contributed by atoms with Gasteiger partial charge in [-0.15, -0.1) is 0 Å². The van der Waals surface area contributed by atoms with E-state index in [9.17, 15) is 4.79 Å². The first kappa shape index (κ1) is 11.5. The Kier molecular flexibility index (Phi) is 3.50. The van der Waals surface area contributed by atoms with Gasteiger partial charge in [0.2, 0.25) is 5.91 Å². The van der Waals surface area contributed by atoms with Crippen LogP contribution >= 0.6 is 0 Å². The quantitative estimate of drug-likeness (QED) is 0.594. The van der Waals surface area contributed by atoms with Gasteiger partial charge in [-0.2, -0.15) is 0 Å². The van der Waals surface area contributed by atoms with Crippen LogP contribution < -0.4 is 16.8 Å². The molecule has 2 unspecified atom stereocenters. The predicted molar refractivity (Wildman–Crippen MR) is 56.6 cm³/mol. The van der Waals surface area contributed by atoms with Gasteiger partial charge >= 0.3 is 0 Å². The lowest BCUT2D eigenvalue weighted by atomic mass is 9.98. The average Bonchev–Trinajstić information content (AvgIpc) is 2.50. The van der Waals surface area contributed by atoms with Crippen LogP contribution in [0.2, 0.25) is 0 Å². The summed E-state index contributed by atoms with van der Waals surface area (Å²) >= 11 is 0. The van der Waals surface area contributed by atoms with Gasteiger partial charge in [0, 0.05) is 6.04 Å². The minimum atomic E-state index is -0.623. The molecule has 82 valence electrons. The van der Waals surface area contributed by atoms with Crippen molar-refractivity contribution < 1.29 is 4.79 Å². The molecule has 4 heteroatoms. The molecule has 1 fully saturated rings. The molecule has 0 aromatic carbocycles. The Bertz CT molecular complexity index is 215. The second kappa shape index (κ2) is 4.28. The normalized spacial score (nSPS) is 27.9. The molecule has 0 spiro atoms. The summed E-state index contributed by atoms with van der Waals surface area (Å²) in [7, 11) is 0. The topological polar surface area (TPSA) is 81.1 Å². The Labute approximate surface area is 85.4 Å². The standard InChI is InChI=1S/C10H21N3O/c1-10(2,9(12)14)13-8-5-3-4-7(8)6-11/h7-8,13H,3-6,11H2,1-2H3,(H2,12,14). The summed E-state index contributed by atoms with van der Waals surface area (Å²) in [6.07, 6.45) is 3.44. The minimum Gasteiger partial charge on any atom is -0.368 e. The maximum absolute atomic E-state index is 11.1. The molecule has 1 aliphatic rings. The van der Waals surface area contributed by atoms with Crippen LogP contribution in [0.4, 0.5) is 0 Å². The fourth-order valence-corrected chi connectivity index (χ4v) is 2.04. The van der Waals surface area contributed by atoms with Crippen LogP contribution in [0.15, 0.2) is 0 Å². The number of nitrogens with one attached hydrogen (secondary N) is 1. The Balaban J connectivity index is 2.54. The fraction of sp³-hybridized carbons (Fsp3) is 0.900. The Morgan fingerprint density at radius 2 is 2.14 bits per heavy atom. The predicted octanol–water partition coefficient (Wildman–Crippen LogP) is -0.0327. The lowest BCUT2D eigenvalue weighted by Crippen LogP contribution is -2.56. The van der Waals surface area contributed by atoms with E-state index >= 15 is 0 Å². The third-order valence-electron chi connectivity index (χ3n) is 3.12. The summed E-state index contributed by atoms with van der Waals surface area (Å²) in [5.41, 5.74) is 10.3. The molecule has 2 atom stereocenters. The summed E-state index contributed by atoms with van der Waals surface area (Å²) in [6.45, 7) is 4.33. The SMILES string of the molecule is CC(C)(NC1CCCC1CN)C(N)=O. The third kappa shape index (κ3) is 2.45. The third-order valence-corrected chi connectivity index (χ3v) is 3.12. The Morgan fingerprint density at radius 1 is 1.50 bits per heavy atom. The van der Waals surface area contributed by atoms with Gasteiger partial charge in [-0.1, -0.05) is 6.42 Å². The summed E-state index contributed by atoms with van der Waals surface area (Å²) in [6, 6.07) is 0.350. The number of amides is 1. The van der Waals surface area contributed by atoms with Crippen molar-refractivity contribution in [1.82, 2.24) is 5.32 Å². The molecule has 1 amide bonds. The number of hydrogen-bond acceptors (Lipinski definition) is 3. The van der Waals surface area contributed by atoms with Crippen molar-refractivity contribution >= 4 is 5.91 Å². The molecule has 4 nitrogen and oxygen atoms in total. The maximum atomic E-state index is 11.1. The molecular weight excluding hydrogens is 178 g/mol. The highest BCUT2D eigenvalue weighted by atomic mass is 16.1. The molecular formula is C10H21N3O. The van der Waals surface area contributed by atoms with Crippen LogP contribution in [0.25, 0.3) is 0 Å². The van der Waals surface area contributed by atoms with Gasteiger partial charge in [0.05, 0.1) is 5.54 Å². The summed E-state index contributed by atoms with van der Waals surface area (Å²) in [5.74, 6) is 0.189. The molecule has 0 radical (unpaired) electrons. The Hall–Kier alpha value is -0.610. The number of primary amides is 1. The monoisotopic (exact) mass is 199 g/mol. The first-order chi connectivity index (χ1) is 6.47. The first-order valence-corrected chi connectivity index (χ1v) is 5.25. The molecule has 0 saturated heterocycles. The second-order valence-corrected chi connectivity index (χ2v) is 4.67. The molecule has 0 aromatic rings. The van der Waals surface area contributed by atoms with Crippen molar-refractivity contribution in [1.29, 1.82) is 0 Å². The van der Waals surface area contributed by atoms with E-state index in [0.717, 1.165) is 12.8 Å². The molecule has 0 aromatic heterocycles.